The minimum atomic E-state index is -0.141. The maximum absolute atomic E-state index is 11.6. The van der Waals surface area contributed by atoms with Crippen molar-refractivity contribution in [3.8, 4) is 0 Å². The van der Waals surface area contributed by atoms with Crippen LogP contribution in [-0.2, 0) is 0 Å². The molecule has 3 nitrogen and oxygen atoms in total. The molecule has 0 saturated heterocycles. The predicted octanol–water partition coefficient (Wildman–Crippen LogP) is 2.01. The number of hydrogen-bond donors (Lipinski definition) is 2. The van der Waals surface area contributed by atoms with Crippen LogP contribution in [0.15, 0.2) is 18.2 Å². The van der Waals surface area contributed by atoms with Crippen molar-refractivity contribution < 1.29 is 4.79 Å². The molecule has 3 N–H and O–H groups in total. The summed E-state index contributed by atoms with van der Waals surface area (Å²) in [5.74, 6) is 0.750. The Hall–Kier alpha value is -0.870. The van der Waals surface area contributed by atoms with Crippen LogP contribution in [-0.4, -0.2) is 24.5 Å². The molecule has 1 amide bonds. The van der Waals surface area contributed by atoms with E-state index in [4.69, 9.17) is 17.3 Å². The lowest BCUT2D eigenvalue weighted by Crippen LogP contribution is -2.25. The average molecular weight is 245 g/mol. The zero-order valence-electron chi connectivity index (χ0n) is 8.42. The summed E-state index contributed by atoms with van der Waals surface area (Å²) in [6.45, 7) is 0.645. The average Bonchev–Trinajstić information content (AvgIpc) is 2.16. The summed E-state index contributed by atoms with van der Waals surface area (Å²) in [4.78, 5) is 11.6. The van der Waals surface area contributed by atoms with Crippen LogP contribution in [0.5, 0.6) is 0 Å². The van der Waals surface area contributed by atoms with Gasteiger partial charge in [0.1, 0.15) is 0 Å². The largest absolute Gasteiger partial charge is 0.399 e. The Balaban J connectivity index is 2.65. The minimum absolute atomic E-state index is 0.141. The first-order valence-electron chi connectivity index (χ1n) is 4.46. The van der Waals surface area contributed by atoms with Gasteiger partial charge in [0.15, 0.2) is 0 Å². The molecule has 0 aliphatic heterocycles. The van der Waals surface area contributed by atoms with Crippen molar-refractivity contribution in [3.05, 3.63) is 28.8 Å². The number of halogens is 1. The molecule has 82 valence electrons. The van der Waals surface area contributed by atoms with Gasteiger partial charge in [-0.1, -0.05) is 11.6 Å². The van der Waals surface area contributed by atoms with Crippen LogP contribution in [0.25, 0.3) is 0 Å². The molecular weight excluding hydrogens is 232 g/mol. The van der Waals surface area contributed by atoms with E-state index in [1.54, 1.807) is 30.0 Å². The number of rotatable bonds is 4. The molecule has 0 bridgehead atoms. The van der Waals surface area contributed by atoms with E-state index in [0.717, 1.165) is 5.75 Å². The number of thioether (sulfide) groups is 1. The molecule has 0 unspecified atom stereocenters. The van der Waals surface area contributed by atoms with Gasteiger partial charge in [-0.3, -0.25) is 4.79 Å². The lowest BCUT2D eigenvalue weighted by atomic mass is 10.2. The number of benzene rings is 1. The van der Waals surface area contributed by atoms with E-state index in [9.17, 15) is 4.79 Å². The van der Waals surface area contributed by atoms with Crippen molar-refractivity contribution in [2.24, 2.45) is 0 Å². The topological polar surface area (TPSA) is 55.1 Å². The summed E-state index contributed by atoms with van der Waals surface area (Å²) < 4.78 is 0. The first kappa shape index (κ1) is 12.2. The summed E-state index contributed by atoms with van der Waals surface area (Å²) in [7, 11) is 0. The predicted molar refractivity (Wildman–Crippen MR) is 66.6 cm³/mol. The fourth-order valence-corrected chi connectivity index (χ4v) is 1.66. The van der Waals surface area contributed by atoms with Gasteiger partial charge in [-0.25, -0.2) is 0 Å². The standard InChI is InChI=1S/C10H13ClN2OS/c1-15-3-2-13-10(14)7-4-8(11)6-9(12)5-7/h4-6H,2-3,12H2,1H3,(H,13,14). The van der Waals surface area contributed by atoms with Gasteiger partial charge in [0, 0.05) is 28.6 Å². The smallest absolute Gasteiger partial charge is 0.251 e. The Bertz CT molecular complexity index is 337. The summed E-state index contributed by atoms with van der Waals surface area (Å²) in [5.41, 5.74) is 6.58. The molecule has 0 radical (unpaired) electrons. The fraction of sp³-hybridized carbons (Fsp3) is 0.300. The molecule has 0 aromatic heterocycles. The van der Waals surface area contributed by atoms with Gasteiger partial charge in [-0.05, 0) is 24.5 Å². The number of carbonyl (C=O) groups is 1. The third-order valence-corrected chi connectivity index (χ3v) is 2.60. The Labute approximate surface area is 98.4 Å². The number of nitrogens with two attached hydrogens (primary N) is 1. The second-order valence-electron chi connectivity index (χ2n) is 3.02. The van der Waals surface area contributed by atoms with Crippen molar-refractivity contribution in [2.75, 3.05) is 24.3 Å². The van der Waals surface area contributed by atoms with Crippen molar-refractivity contribution in [1.82, 2.24) is 5.32 Å². The van der Waals surface area contributed by atoms with E-state index >= 15 is 0 Å². The number of hydrogen-bond acceptors (Lipinski definition) is 3. The van der Waals surface area contributed by atoms with Gasteiger partial charge in [0.2, 0.25) is 0 Å². The normalized spacial score (nSPS) is 10.0. The lowest BCUT2D eigenvalue weighted by Gasteiger charge is -2.05. The van der Waals surface area contributed by atoms with E-state index in [2.05, 4.69) is 5.32 Å². The minimum Gasteiger partial charge on any atom is -0.399 e. The third kappa shape index (κ3) is 4.01. The van der Waals surface area contributed by atoms with Gasteiger partial charge in [0.25, 0.3) is 5.91 Å². The molecule has 15 heavy (non-hydrogen) atoms. The highest BCUT2D eigenvalue weighted by molar-refractivity contribution is 7.98. The number of nitrogens with one attached hydrogen (secondary N) is 1. The molecule has 1 rings (SSSR count). The Morgan fingerprint density at radius 1 is 1.53 bits per heavy atom. The SMILES string of the molecule is CSCCNC(=O)c1cc(N)cc(Cl)c1. The summed E-state index contributed by atoms with van der Waals surface area (Å²) >= 11 is 7.47. The maximum atomic E-state index is 11.6. The molecule has 1 aromatic rings. The summed E-state index contributed by atoms with van der Waals surface area (Å²) in [6.07, 6.45) is 1.99. The van der Waals surface area contributed by atoms with Crippen LogP contribution >= 0.6 is 23.4 Å². The van der Waals surface area contributed by atoms with Gasteiger partial charge < -0.3 is 11.1 Å². The number of amides is 1. The molecule has 5 heteroatoms. The first-order valence-corrected chi connectivity index (χ1v) is 6.24. The molecule has 0 aliphatic carbocycles. The van der Waals surface area contributed by atoms with Crippen LogP contribution in [0.2, 0.25) is 5.02 Å². The van der Waals surface area contributed by atoms with E-state index in [1.165, 1.54) is 0 Å². The zero-order chi connectivity index (χ0) is 11.3. The first-order chi connectivity index (χ1) is 7.13. The van der Waals surface area contributed by atoms with Crippen LogP contribution in [0.4, 0.5) is 5.69 Å². The van der Waals surface area contributed by atoms with E-state index in [1.807, 2.05) is 6.26 Å². The molecule has 0 fully saturated rings. The number of nitrogen functional groups attached to an aromatic ring is 1. The molecule has 0 heterocycles. The quantitative estimate of drug-likeness (QED) is 0.629. The molecule has 0 saturated carbocycles. The van der Waals surface area contributed by atoms with E-state index < -0.39 is 0 Å². The summed E-state index contributed by atoms with van der Waals surface area (Å²) in [5, 5.41) is 3.26. The van der Waals surface area contributed by atoms with E-state index in [-0.39, 0.29) is 5.91 Å². The van der Waals surface area contributed by atoms with Gasteiger partial charge in [0.05, 0.1) is 0 Å². The summed E-state index contributed by atoms with van der Waals surface area (Å²) in [6, 6.07) is 4.83. The Morgan fingerprint density at radius 3 is 2.87 bits per heavy atom. The van der Waals surface area contributed by atoms with Gasteiger partial charge in [-0.2, -0.15) is 11.8 Å². The second-order valence-corrected chi connectivity index (χ2v) is 4.44. The molecule has 1 aromatic carbocycles. The number of anilines is 1. The maximum Gasteiger partial charge on any atom is 0.251 e. The lowest BCUT2D eigenvalue weighted by molar-refractivity contribution is 0.0956. The van der Waals surface area contributed by atoms with E-state index in [0.29, 0.717) is 22.8 Å². The second kappa shape index (κ2) is 5.88. The fourth-order valence-electron chi connectivity index (χ4n) is 1.11. The van der Waals surface area contributed by atoms with Gasteiger partial charge >= 0.3 is 0 Å². The highest BCUT2D eigenvalue weighted by Gasteiger charge is 2.06. The van der Waals surface area contributed by atoms with Crippen LogP contribution < -0.4 is 11.1 Å². The monoisotopic (exact) mass is 244 g/mol. The van der Waals surface area contributed by atoms with Crippen LogP contribution in [0, 0.1) is 0 Å². The van der Waals surface area contributed by atoms with Crippen LogP contribution in [0.1, 0.15) is 10.4 Å². The van der Waals surface area contributed by atoms with Crippen LogP contribution in [0.3, 0.4) is 0 Å². The Kier molecular flexibility index (Phi) is 4.78. The van der Waals surface area contributed by atoms with Crippen molar-refractivity contribution in [2.45, 2.75) is 0 Å². The van der Waals surface area contributed by atoms with Crippen molar-refractivity contribution >= 4 is 35.0 Å². The third-order valence-electron chi connectivity index (χ3n) is 1.77. The van der Waals surface area contributed by atoms with Crippen molar-refractivity contribution in [1.29, 1.82) is 0 Å². The molecule has 0 atom stereocenters. The van der Waals surface area contributed by atoms with Gasteiger partial charge in [-0.15, -0.1) is 0 Å². The molecule has 0 spiro atoms. The molecular formula is C10H13ClN2OS. The Morgan fingerprint density at radius 2 is 2.27 bits per heavy atom. The highest BCUT2D eigenvalue weighted by Crippen LogP contribution is 2.16. The molecule has 0 aliphatic rings. The highest BCUT2D eigenvalue weighted by atomic mass is 35.5. The zero-order valence-corrected chi connectivity index (χ0v) is 9.99. The van der Waals surface area contributed by atoms with Crippen molar-refractivity contribution in [3.63, 3.8) is 0 Å². The number of carbonyl (C=O) groups excluding carboxylic acids is 1.